The van der Waals surface area contributed by atoms with Gasteiger partial charge in [0.2, 0.25) is 0 Å². The Morgan fingerprint density at radius 3 is 2.57 bits per heavy atom. The second kappa shape index (κ2) is 5.67. The third-order valence-electron chi connectivity index (χ3n) is 3.80. The van der Waals surface area contributed by atoms with E-state index in [0.29, 0.717) is 19.3 Å². The van der Waals surface area contributed by atoms with Gasteiger partial charge in [-0.3, -0.25) is 10.3 Å². The van der Waals surface area contributed by atoms with Crippen LogP contribution < -0.4 is 10.9 Å². The second-order valence-corrected chi connectivity index (χ2v) is 6.55. The summed E-state index contributed by atoms with van der Waals surface area (Å²) in [4.78, 5) is 23.9. The fraction of sp³-hybridized carbons (Fsp3) is 0.846. The molecule has 2 amide bonds. The van der Waals surface area contributed by atoms with Gasteiger partial charge in [0.1, 0.15) is 11.8 Å². The summed E-state index contributed by atoms with van der Waals surface area (Å²) in [5.41, 5.74) is 4.34. The van der Waals surface area contributed by atoms with Gasteiger partial charge in [0.05, 0.1) is 12.1 Å². The molecule has 8 heteroatoms. The summed E-state index contributed by atoms with van der Waals surface area (Å²) in [6.45, 7) is 5.20. The van der Waals surface area contributed by atoms with Crippen LogP contribution >= 0.6 is 0 Å². The third kappa shape index (κ3) is 3.55. The molecule has 2 saturated heterocycles. The molecule has 7 nitrogen and oxygen atoms in total. The number of amides is 2. The van der Waals surface area contributed by atoms with Gasteiger partial charge >= 0.3 is 12.2 Å². The van der Waals surface area contributed by atoms with Crippen LogP contribution in [0.5, 0.6) is 0 Å². The number of nitrogens with zero attached hydrogens (tertiary/aromatic N) is 1. The average molecular weight is 303 g/mol. The molecular weight excluding hydrogens is 281 g/mol. The van der Waals surface area contributed by atoms with E-state index in [2.05, 4.69) is 10.9 Å². The molecule has 0 aliphatic carbocycles. The summed E-state index contributed by atoms with van der Waals surface area (Å²) >= 11 is 0. The van der Waals surface area contributed by atoms with E-state index < -0.39 is 36.0 Å². The predicted molar refractivity (Wildman–Crippen MR) is 72.5 cm³/mol. The minimum Gasteiger partial charge on any atom is -0.465 e. The van der Waals surface area contributed by atoms with Gasteiger partial charge in [0, 0.05) is 6.04 Å². The van der Waals surface area contributed by atoms with E-state index in [1.807, 2.05) is 0 Å². The highest BCUT2D eigenvalue weighted by atomic mass is 19.1. The molecule has 0 aromatic heterocycles. The first-order chi connectivity index (χ1) is 9.69. The fourth-order valence-electron chi connectivity index (χ4n) is 3.04. The van der Waals surface area contributed by atoms with E-state index in [1.54, 1.807) is 20.8 Å². The van der Waals surface area contributed by atoms with Crippen molar-refractivity contribution in [3.8, 4) is 0 Å². The summed E-state index contributed by atoms with van der Waals surface area (Å²) in [6.07, 6.45) is -1.61. The molecule has 4 unspecified atom stereocenters. The minimum atomic E-state index is -1.35. The third-order valence-corrected chi connectivity index (χ3v) is 3.80. The minimum absolute atomic E-state index is 0.197. The Bertz CT molecular complexity index is 426. The van der Waals surface area contributed by atoms with Crippen molar-refractivity contribution in [2.45, 2.75) is 69.9 Å². The molecule has 2 bridgehead atoms. The molecule has 3 N–H and O–H groups in total. The summed E-state index contributed by atoms with van der Waals surface area (Å²) in [6, 6.07) is -1.44. The average Bonchev–Trinajstić information content (AvgIpc) is 2.68. The lowest BCUT2D eigenvalue weighted by molar-refractivity contribution is 0.0267. The lowest BCUT2D eigenvalue weighted by atomic mass is 9.96. The maximum absolute atomic E-state index is 14.4. The van der Waals surface area contributed by atoms with Crippen molar-refractivity contribution < 1.29 is 23.8 Å². The molecule has 0 aromatic carbocycles. The van der Waals surface area contributed by atoms with Gasteiger partial charge in [-0.25, -0.2) is 19.4 Å². The number of rotatable bonds is 2. The van der Waals surface area contributed by atoms with Crippen LogP contribution in [-0.2, 0) is 4.74 Å². The van der Waals surface area contributed by atoms with E-state index in [1.165, 1.54) is 4.90 Å². The summed E-state index contributed by atoms with van der Waals surface area (Å²) in [7, 11) is 0. The number of fused-ring (bicyclic) bond motifs is 2. The molecule has 2 rings (SSSR count). The smallest absolute Gasteiger partial charge is 0.422 e. The number of hydrogen-bond acceptors (Lipinski definition) is 4. The molecule has 0 radical (unpaired) electrons. The highest BCUT2D eigenvalue weighted by Crippen LogP contribution is 2.37. The van der Waals surface area contributed by atoms with Gasteiger partial charge in [-0.15, -0.1) is 0 Å². The Morgan fingerprint density at radius 2 is 2.00 bits per heavy atom. The largest absolute Gasteiger partial charge is 0.465 e. The monoisotopic (exact) mass is 303 g/mol. The van der Waals surface area contributed by atoms with Crippen molar-refractivity contribution >= 4 is 12.2 Å². The standard InChI is InChI=1S/C13H22FN3O4/c1-13(2,3)21-11(18)16-15-8-6-7-4-5-9(10(8)14)17(7)12(19)20/h7-10,15H,4-6H2,1-3H3,(H,16,18)(H,19,20). The van der Waals surface area contributed by atoms with Crippen LogP contribution in [0.25, 0.3) is 0 Å². The Kier molecular flexibility index (Phi) is 4.27. The van der Waals surface area contributed by atoms with Crippen LogP contribution in [0.3, 0.4) is 0 Å². The summed E-state index contributed by atoms with van der Waals surface area (Å²) < 4.78 is 19.4. The summed E-state index contributed by atoms with van der Waals surface area (Å²) in [5.74, 6) is 0. The van der Waals surface area contributed by atoms with Crippen molar-refractivity contribution in [1.29, 1.82) is 0 Å². The van der Waals surface area contributed by atoms with Crippen LogP contribution in [0.1, 0.15) is 40.0 Å². The molecule has 0 spiro atoms. The van der Waals surface area contributed by atoms with Gasteiger partial charge in [-0.1, -0.05) is 0 Å². The number of halogens is 1. The van der Waals surface area contributed by atoms with E-state index >= 15 is 0 Å². The molecule has 21 heavy (non-hydrogen) atoms. The molecule has 0 aromatic rings. The number of carboxylic acid groups (broad SMARTS) is 1. The number of carbonyl (C=O) groups is 2. The number of piperidine rings is 1. The number of ether oxygens (including phenoxy) is 1. The van der Waals surface area contributed by atoms with Gasteiger partial charge < -0.3 is 9.84 Å². The van der Waals surface area contributed by atoms with Crippen molar-refractivity contribution in [3.05, 3.63) is 0 Å². The molecule has 2 fully saturated rings. The lowest BCUT2D eigenvalue weighted by Gasteiger charge is -2.39. The Balaban J connectivity index is 1.89. The first-order valence-corrected chi connectivity index (χ1v) is 7.09. The molecule has 2 heterocycles. The number of hydrazine groups is 1. The Hall–Kier alpha value is -1.57. The van der Waals surface area contributed by atoms with Crippen molar-refractivity contribution in [2.24, 2.45) is 0 Å². The van der Waals surface area contributed by atoms with E-state index in [0.717, 1.165) is 0 Å². The quantitative estimate of drug-likeness (QED) is 0.675. The van der Waals surface area contributed by atoms with Gasteiger partial charge in [-0.2, -0.15) is 0 Å². The molecule has 0 saturated carbocycles. The molecule has 4 atom stereocenters. The first kappa shape index (κ1) is 15.8. The zero-order chi connectivity index (χ0) is 15.8. The van der Waals surface area contributed by atoms with Crippen molar-refractivity contribution in [2.75, 3.05) is 0 Å². The normalized spacial score (nSPS) is 31.9. The van der Waals surface area contributed by atoms with Crippen LogP contribution in [0.4, 0.5) is 14.0 Å². The number of hydrogen-bond donors (Lipinski definition) is 3. The Morgan fingerprint density at radius 1 is 1.33 bits per heavy atom. The molecule has 2 aliphatic rings. The van der Waals surface area contributed by atoms with Crippen LogP contribution in [-0.4, -0.2) is 52.1 Å². The fourth-order valence-corrected chi connectivity index (χ4v) is 3.04. The van der Waals surface area contributed by atoms with Crippen LogP contribution in [0.2, 0.25) is 0 Å². The molecule has 2 aliphatic heterocycles. The van der Waals surface area contributed by atoms with E-state index in [4.69, 9.17) is 9.84 Å². The highest BCUT2D eigenvalue weighted by molar-refractivity contribution is 5.67. The van der Waals surface area contributed by atoms with Crippen LogP contribution in [0.15, 0.2) is 0 Å². The lowest BCUT2D eigenvalue weighted by Crippen LogP contribution is -2.61. The second-order valence-electron chi connectivity index (χ2n) is 6.55. The topological polar surface area (TPSA) is 90.9 Å². The van der Waals surface area contributed by atoms with Gasteiger partial charge in [0.25, 0.3) is 0 Å². The van der Waals surface area contributed by atoms with Crippen molar-refractivity contribution in [3.63, 3.8) is 0 Å². The van der Waals surface area contributed by atoms with Crippen LogP contribution in [0, 0.1) is 0 Å². The van der Waals surface area contributed by atoms with E-state index in [9.17, 15) is 14.0 Å². The number of carbonyl (C=O) groups excluding carboxylic acids is 1. The predicted octanol–water partition coefficient (Wildman–Crippen LogP) is 1.64. The highest BCUT2D eigenvalue weighted by Gasteiger charge is 2.50. The Labute approximate surface area is 122 Å². The molecule has 120 valence electrons. The number of nitrogens with one attached hydrogen (secondary N) is 2. The maximum Gasteiger partial charge on any atom is 0.422 e. The summed E-state index contributed by atoms with van der Waals surface area (Å²) in [5, 5.41) is 9.12. The zero-order valence-corrected chi connectivity index (χ0v) is 12.4. The first-order valence-electron chi connectivity index (χ1n) is 7.09. The maximum atomic E-state index is 14.4. The van der Waals surface area contributed by atoms with E-state index in [-0.39, 0.29) is 6.04 Å². The van der Waals surface area contributed by atoms with Gasteiger partial charge in [0.15, 0.2) is 0 Å². The number of alkyl halides is 1. The SMILES string of the molecule is CC(C)(C)OC(=O)NNC1CC2CCC(C1F)N2C(=O)O. The van der Waals surface area contributed by atoms with Gasteiger partial charge in [-0.05, 0) is 40.0 Å². The van der Waals surface area contributed by atoms with Crippen molar-refractivity contribution in [1.82, 2.24) is 15.8 Å². The zero-order valence-electron chi connectivity index (χ0n) is 12.4. The molecular formula is C13H22FN3O4.